The van der Waals surface area contributed by atoms with Gasteiger partial charge in [-0.05, 0) is 32.4 Å². The van der Waals surface area contributed by atoms with Crippen LogP contribution in [0.3, 0.4) is 0 Å². The second kappa shape index (κ2) is 7.27. The summed E-state index contributed by atoms with van der Waals surface area (Å²) >= 11 is 0. The summed E-state index contributed by atoms with van der Waals surface area (Å²) in [7, 11) is 0. The molecule has 0 saturated heterocycles. The molecule has 2 unspecified atom stereocenters. The first-order valence-electron chi connectivity index (χ1n) is 7.67. The zero-order chi connectivity index (χ0) is 15.2. The highest BCUT2D eigenvalue weighted by Crippen LogP contribution is 2.26. The molecule has 2 rings (SSSR count). The van der Waals surface area contributed by atoms with E-state index >= 15 is 0 Å². The molecule has 1 heterocycles. The minimum atomic E-state index is -0.104. The van der Waals surface area contributed by atoms with Crippen LogP contribution in [0.1, 0.15) is 50.5 Å². The highest BCUT2D eigenvalue weighted by Gasteiger charge is 2.14. The van der Waals surface area contributed by atoms with E-state index in [-0.39, 0.29) is 6.04 Å². The molecule has 2 atom stereocenters. The summed E-state index contributed by atoms with van der Waals surface area (Å²) in [6.07, 6.45) is 3.82. The van der Waals surface area contributed by atoms with Gasteiger partial charge in [0.25, 0.3) is 0 Å². The van der Waals surface area contributed by atoms with Gasteiger partial charge in [0.1, 0.15) is 5.75 Å². The number of nitrogens with zero attached hydrogens (tertiary/aromatic N) is 2. The zero-order valence-corrected chi connectivity index (χ0v) is 13.1. The molecule has 1 aromatic carbocycles. The van der Waals surface area contributed by atoms with Crippen molar-refractivity contribution in [1.82, 2.24) is 9.78 Å². The Morgan fingerprint density at radius 2 is 2.00 bits per heavy atom. The number of nitrogens with two attached hydrogens (primary N) is 1. The Balaban J connectivity index is 2.11. The Kier molecular flexibility index (Phi) is 5.39. The Bertz CT molecular complexity index is 565. The van der Waals surface area contributed by atoms with Gasteiger partial charge >= 0.3 is 0 Å². The highest BCUT2D eigenvalue weighted by molar-refractivity contribution is 5.36. The van der Waals surface area contributed by atoms with Gasteiger partial charge in [0.05, 0.1) is 12.3 Å². The number of para-hydroxylation sites is 1. The Labute approximate surface area is 126 Å². The standard InChI is InChI=1S/C17H25N3O/c1-4-13(3)20-11-10-14(19-20)12-16(18)15-8-6-7-9-17(15)21-5-2/h6-11,13,16H,4-5,12,18H2,1-3H3. The quantitative estimate of drug-likeness (QED) is 0.848. The van der Waals surface area contributed by atoms with E-state index in [1.165, 1.54) is 0 Å². The lowest BCUT2D eigenvalue weighted by atomic mass is 10.0. The van der Waals surface area contributed by atoms with Gasteiger partial charge in [0, 0.05) is 30.3 Å². The van der Waals surface area contributed by atoms with Crippen molar-refractivity contribution in [2.24, 2.45) is 5.73 Å². The molecule has 4 heteroatoms. The van der Waals surface area contributed by atoms with Gasteiger partial charge in [0.15, 0.2) is 0 Å². The Morgan fingerprint density at radius 3 is 2.71 bits per heavy atom. The van der Waals surface area contributed by atoms with Gasteiger partial charge in [-0.1, -0.05) is 25.1 Å². The largest absolute Gasteiger partial charge is 0.494 e. The minimum Gasteiger partial charge on any atom is -0.494 e. The summed E-state index contributed by atoms with van der Waals surface area (Å²) in [5.74, 6) is 0.869. The van der Waals surface area contributed by atoms with Crippen molar-refractivity contribution in [2.75, 3.05) is 6.61 Å². The van der Waals surface area contributed by atoms with E-state index in [4.69, 9.17) is 10.5 Å². The topological polar surface area (TPSA) is 53.1 Å². The maximum Gasteiger partial charge on any atom is 0.124 e. The summed E-state index contributed by atoms with van der Waals surface area (Å²) in [6, 6.07) is 10.3. The van der Waals surface area contributed by atoms with Crippen molar-refractivity contribution >= 4 is 0 Å². The van der Waals surface area contributed by atoms with Crippen LogP contribution in [0.2, 0.25) is 0 Å². The van der Waals surface area contributed by atoms with E-state index in [0.717, 1.165) is 23.4 Å². The molecule has 0 aliphatic carbocycles. The summed E-state index contributed by atoms with van der Waals surface area (Å²) < 4.78 is 7.66. The zero-order valence-electron chi connectivity index (χ0n) is 13.1. The van der Waals surface area contributed by atoms with Crippen molar-refractivity contribution in [3.8, 4) is 5.75 Å². The van der Waals surface area contributed by atoms with Gasteiger partial charge < -0.3 is 10.5 Å². The normalized spacial score (nSPS) is 13.9. The van der Waals surface area contributed by atoms with Crippen LogP contribution in [-0.2, 0) is 6.42 Å². The molecule has 0 aliphatic rings. The lowest BCUT2D eigenvalue weighted by molar-refractivity contribution is 0.334. The van der Waals surface area contributed by atoms with Crippen LogP contribution in [0, 0.1) is 0 Å². The van der Waals surface area contributed by atoms with Crippen LogP contribution in [0.25, 0.3) is 0 Å². The van der Waals surface area contributed by atoms with Gasteiger partial charge in [-0.25, -0.2) is 0 Å². The third-order valence-electron chi connectivity index (χ3n) is 3.75. The van der Waals surface area contributed by atoms with Crippen molar-refractivity contribution in [3.63, 3.8) is 0 Å². The first-order valence-corrected chi connectivity index (χ1v) is 7.67. The lowest BCUT2D eigenvalue weighted by Crippen LogP contribution is -2.15. The van der Waals surface area contributed by atoms with Gasteiger partial charge in [0.2, 0.25) is 0 Å². The first-order chi connectivity index (χ1) is 10.2. The van der Waals surface area contributed by atoms with E-state index in [0.29, 0.717) is 19.1 Å². The predicted molar refractivity (Wildman–Crippen MR) is 85.5 cm³/mol. The molecule has 0 saturated carbocycles. The van der Waals surface area contributed by atoms with Gasteiger partial charge in [-0.2, -0.15) is 5.10 Å². The van der Waals surface area contributed by atoms with Crippen LogP contribution in [-0.4, -0.2) is 16.4 Å². The van der Waals surface area contributed by atoms with E-state index in [1.807, 2.05) is 42.1 Å². The van der Waals surface area contributed by atoms with Crippen LogP contribution in [0.4, 0.5) is 0 Å². The van der Waals surface area contributed by atoms with Crippen molar-refractivity contribution in [2.45, 2.75) is 45.7 Å². The maximum atomic E-state index is 6.35. The average molecular weight is 287 g/mol. The number of rotatable bonds is 7. The molecule has 0 bridgehead atoms. The minimum absolute atomic E-state index is 0.104. The number of benzene rings is 1. The molecule has 2 aromatic rings. The molecule has 2 N–H and O–H groups in total. The van der Waals surface area contributed by atoms with Crippen LogP contribution < -0.4 is 10.5 Å². The first kappa shape index (κ1) is 15.6. The van der Waals surface area contributed by atoms with E-state index in [9.17, 15) is 0 Å². The molecule has 0 radical (unpaired) electrons. The Morgan fingerprint density at radius 1 is 1.24 bits per heavy atom. The fourth-order valence-electron chi connectivity index (χ4n) is 2.33. The molecule has 0 amide bonds. The second-order valence-electron chi connectivity index (χ2n) is 5.33. The number of ether oxygens (including phenoxy) is 1. The fourth-order valence-corrected chi connectivity index (χ4v) is 2.33. The maximum absolute atomic E-state index is 6.35. The van der Waals surface area contributed by atoms with E-state index in [2.05, 4.69) is 25.0 Å². The van der Waals surface area contributed by atoms with Crippen molar-refractivity contribution in [3.05, 3.63) is 47.8 Å². The third kappa shape index (κ3) is 3.85. The number of hydrogen-bond donors (Lipinski definition) is 1. The van der Waals surface area contributed by atoms with Gasteiger partial charge in [-0.3, -0.25) is 4.68 Å². The number of hydrogen-bond acceptors (Lipinski definition) is 3. The van der Waals surface area contributed by atoms with Crippen LogP contribution in [0.15, 0.2) is 36.5 Å². The van der Waals surface area contributed by atoms with Crippen LogP contribution >= 0.6 is 0 Å². The van der Waals surface area contributed by atoms with Crippen molar-refractivity contribution < 1.29 is 4.74 Å². The molecule has 0 aliphatic heterocycles. The predicted octanol–water partition coefficient (Wildman–Crippen LogP) is 3.50. The Hall–Kier alpha value is -1.81. The second-order valence-corrected chi connectivity index (χ2v) is 5.33. The fraction of sp³-hybridized carbons (Fsp3) is 0.471. The number of aromatic nitrogens is 2. The molecule has 4 nitrogen and oxygen atoms in total. The van der Waals surface area contributed by atoms with E-state index in [1.54, 1.807) is 0 Å². The SMILES string of the molecule is CCOc1ccccc1C(N)Cc1ccn(C(C)CC)n1. The summed E-state index contributed by atoms with van der Waals surface area (Å²) in [5.41, 5.74) is 8.41. The van der Waals surface area contributed by atoms with Crippen molar-refractivity contribution in [1.29, 1.82) is 0 Å². The average Bonchev–Trinajstić information content (AvgIpc) is 2.95. The monoisotopic (exact) mass is 287 g/mol. The van der Waals surface area contributed by atoms with Crippen LogP contribution in [0.5, 0.6) is 5.75 Å². The lowest BCUT2D eigenvalue weighted by Gasteiger charge is -2.15. The molecule has 0 spiro atoms. The molecular weight excluding hydrogens is 262 g/mol. The molecule has 1 aromatic heterocycles. The molecule has 0 fully saturated rings. The van der Waals surface area contributed by atoms with Gasteiger partial charge in [-0.15, -0.1) is 0 Å². The summed E-state index contributed by atoms with van der Waals surface area (Å²) in [6.45, 7) is 6.96. The molecule has 114 valence electrons. The molecule has 21 heavy (non-hydrogen) atoms. The smallest absolute Gasteiger partial charge is 0.124 e. The third-order valence-corrected chi connectivity index (χ3v) is 3.75. The highest BCUT2D eigenvalue weighted by atomic mass is 16.5. The summed E-state index contributed by atoms with van der Waals surface area (Å²) in [4.78, 5) is 0. The molecular formula is C17H25N3O. The van der Waals surface area contributed by atoms with E-state index < -0.39 is 0 Å². The summed E-state index contributed by atoms with van der Waals surface area (Å²) in [5, 5.41) is 4.62.